The fourth-order valence-electron chi connectivity index (χ4n) is 6.84. The van der Waals surface area contributed by atoms with E-state index < -0.39 is 17.7 Å². The third-order valence-electron chi connectivity index (χ3n) is 9.48. The van der Waals surface area contributed by atoms with Crippen molar-refractivity contribution in [2.24, 2.45) is 5.41 Å². The van der Waals surface area contributed by atoms with Gasteiger partial charge in [0.2, 0.25) is 0 Å². The van der Waals surface area contributed by atoms with Crippen molar-refractivity contribution < 1.29 is 14.3 Å². The highest BCUT2D eigenvalue weighted by Crippen LogP contribution is 2.43. The molecule has 0 spiro atoms. The normalized spacial score (nSPS) is 17.5. The van der Waals surface area contributed by atoms with Crippen molar-refractivity contribution in [1.82, 2.24) is 9.88 Å². The van der Waals surface area contributed by atoms with E-state index in [-0.39, 0.29) is 17.1 Å². The first-order valence-corrected chi connectivity index (χ1v) is 17.4. The number of hydrogen-bond acceptors (Lipinski definition) is 6. The molecule has 1 aromatic heterocycles. The summed E-state index contributed by atoms with van der Waals surface area (Å²) in [5.74, 6) is -0.450. The number of nitrogens with one attached hydrogen (secondary N) is 1. The van der Waals surface area contributed by atoms with Gasteiger partial charge in [0.1, 0.15) is 0 Å². The number of ether oxygens (including phenoxy) is 2. The van der Waals surface area contributed by atoms with Gasteiger partial charge in [0.25, 0.3) is 5.56 Å². The number of esters is 1. The minimum Gasteiger partial charge on any atom is -0.461 e. The van der Waals surface area contributed by atoms with Gasteiger partial charge in [0.05, 0.1) is 23.0 Å². The maximum Gasteiger partial charge on any atom is 0.340 e. The fraction of sp³-hybridized carbons (Fsp3) is 0.538. The van der Waals surface area contributed by atoms with Gasteiger partial charge >= 0.3 is 5.97 Å². The number of carbonyl (C=O) groups is 1. The molecule has 0 unspecified atom stereocenters. The van der Waals surface area contributed by atoms with Crippen molar-refractivity contribution in [2.75, 3.05) is 24.5 Å². The number of benzene rings is 2. The second-order valence-corrected chi connectivity index (χ2v) is 15.9. The molecule has 7 nitrogen and oxygen atoms in total. The van der Waals surface area contributed by atoms with Crippen molar-refractivity contribution in [3.63, 3.8) is 0 Å². The van der Waals surface area contributed by atoms with Crippen LogP contribution >= 0.6 is 11.6 Å². The Hall–Kier alpha value is -3.13. The second kappa shape index (κ2) is 13.8. The van der Waals surface area contributed by atoms with E-state index in [1.807, 2.05) is 53.7 Å². The van der Waals surface area contributed by atoms with Crippen molar-refractivity contribution in [2.45, 2.75) is 112 Å². The molecule has 1 fully saturated rings. The van der Waals surface area contributed by atoms with Crippen LogP contribution in [0.15, 0.2) is 41.2 Å². The number of fused-ring (bicyclic) bond motifs is 1. The summed E-state index contributed by atoms with van der Waals surface area (Å²) in [5, 5.41) is 0.806. The average molecular weight is 662 g/mol. The summed E-state index contributed by atoms with van der Waals surface area (Å²) in [6.07, 6.45) is 1.51. The number of aromatic amines is 1. The summed E-state index contributed by atoms with van der Waals surface area (Å²) in [6, 6.07) is 12.5. The summed E-state index contributed by atoms with van der Waals surface area (Å²) < 4.78 is 12.3. The monoisotopic (exact) mass is 661 g/mol. The van der Waals surface area contributed by atoms with Crippen LogP contribution in [0.2, 0.25) is 5.02 Å². The van der Waals surface area contributed by atoms with Crippen molar-refractivity contribution in [1.29, 1.82) is 0 Å². The standard InChI is InChI=1S/C39H52ClN3O4/c1-24(2)46-37(45)35(47-38(5,6)7)32-26(4)41-36(44)33(34(32)43-19-16-39(8,9)17-20-43)28-13-14-29-22-42(18-15-27(29)21-28)23-30-25(3)11-10-12-31(30)40/h10-14,21,24,35H,15-20,22-23H2,1-9H3,(H,41,44)/t35-/m0/s1. The molecular formula is C39H52ClN3O4. The number of H-pyrrole nitrogens is 1. The van der Waals surface area contributed by atoms with Crippen LogP contribution in [-0.4, -0.2) is 47.2 Å². The molecular weight excluding hydrogens is 610 g/mol. The molecule has 2 aliphatic rings. The lowest BCUT2D eigenvalue weighted by Gasteiger charge is -2.41. The molecule has 0 aliphatic carbocycles. The SMILES string of the molecule is Cc1cccc(Cl)c1CN1CCc2cc(-c3c(N4CCC(C)(C)CC4)c([C@H](OC(C)(C)C)C(=O)OC(C)C)c(C)[nH]c3=O)ccc2C1. The van der Waals surface area contributed by atoms with Crippen LogP contribution in [0.1, 0.15) is 101 Å². The van der Waals surface area contributed by atoms with Gasteiger partial charge in [0.15, 0.2) is 6.10 Å². The number of hydrogen-bond donors (Lipinski definition) is 1. The van der Waals surface area contributed by atoms with E-state index in [2.05, 4.69) is 59.8 Å². The van der Waals surface area contributed by atoms with E-state index >= 15 is 0 Å². The zero-order chi connectivity index (χ0) is 34.3. The van der Waals surface area contributed by atoms with Gasteiger partial charge in [-0.15, -0.1) is 0 Å². The molecule has 3 aromatic rings. The molecule has 5 rings (SSSR count). The summed E-state index contributed by atoms with van der Waals surface area (Å²) >= 11 is 6.57. The van der Waals surface area contributed by atoms with E-state index in [1.54, 1.807) is 0 Å². The van der Waals surface area contributed by atoms with Gasteiger partial charge in [0, 0.05) is 49.0 Å². The Labute approximate surface area is 285 Å². The lowest BCUT2D eigenvalue weighted by Crippen LogP contribution is -2.40. The predicted octanol–water partition coefficient (Wildman–Crippen LogP) is 8.30. The van der Waals surface area contributed by atoms with Crippen molar-refractivity contribution in [3.05, 3.63) is 85.3 Å². The molecule has 3 heterocycles. The summed E-state index contributed by atoms with van der Waals surface area (Å²) in [7, 11) is 0. The molecule has 0 saturated carbocycles. The number of pyridine rings is 1. The van der Waals surface area contributed by atoms with E-state index in [4.69, 9.17) is 21.1 Å². The number of aryl methyl sites for hydroxylation is 2. The molecule has 0 radical (unpaired) electrons. The molecule has 0 amide bonds. The van der Waals surface area contributed by atoms with Gasteiger partial charge in [-0.25, -0.2) is 4.79 Å². The second-order valence-electron chi connectivity index (χ2n) is 15.4. The molecule has 254 valence electrons. The highest BCUT2D eigenvalue weighted by Gasteiger charge is 2.38. The Balaban J connectivity index is 1.60. The van der Waals surface area contributed by atoms with E-state index in [0.29, 0.717) is 16.8 Å². The van der Waals surface area contributed by atoms with Crippen LogP contribution in [-0.2, 0) is 33.8 Å². The molecule has 1 N–H and O–H groups in total. The Morgan fingerprint density at radius 2 is 1.74 bits per heavy atom. The largest absolute Gasteiger partial charge is 0.461 e. The molecule has 0 bridgehead atoms. The number of rotatable bonds is 8. The number of halogens is 1. The van der Waals surface area contributed by atoms with Crippen LogP contribution in [0.5, 0.6) is 0 Å². The lowest BCUT2D eigenvalue weighted by molar-refractivity contribution is -0.171. The molecule has 2 aromatic carbocycles. The molecule has 2 aliphatic heterocycles. The Morgan fingerprint density at radius 1 is 1.04 bits per heavy atom. The van der Waals surface area contributed by atoms with E-state index in [1.165, 1.54) is 22.3 Å². The number of anilines is 1. The summed E-state index contributed by atoms with van der Waals surface area (Å²) in [6.45, 7) is 22.1. The van der Waals surface area contributed by atoms with Gasteiger partial charge in [-0.05, 0) is 107 Å². The minimum atomic E-state index is -1.00. The van der Waals surface area contributed by atoms with E-state index in [9.17, 15) is 9.59 Å². The summed E-state index contributed by atoms with van der Waals surface area (Å²) in [4.78, 5) is 35.7. The molecule has 47 heavy (non-hydrogen) atoms. The maximum absolute atomic E-state index is 14.1. The van der Waals surface area contributed by atoms with Crippen LogP contribution < -0.4 is 10.5 Å². The zero-order valence-electron chi connectivity index (χ0n) is 29.7. The number of piperidine rings is 1. The first-order chi connectivity index (χ1) is 22.0. The first-order valence-electron chi connectivity index (χ1n) is 17.0. The molecule has 1 saturated heterocycles. The maximum atomic E-state index is 14.1. The minimum absolute atomic E-state index is 0.163. The van der Waals surface area contributed by atoms with Crippen LogP contribution in [0.4, 0.5) is 5.69 Å². The number of aromatic nitrogens is 1. The summed E-state index contributed by atoms with van der Waals surface area (Å²) in [5.41, 5.74) is 7.79. The third kappa shape index (κ3) is 8.13. The predicted molar refractivity (Wildman–Crippen MR) is 191 cm³/mol. The molecule has 8 heteroatoms. The van der Waals surface area contributed by atoms with Gasteiger partial charge in [-0.1, -0.05) is 55.8 Å². The quantitative estimate of drug-likeness (QED) is 0.245. The fourth-order valence-corrected chi connectivity index (χ4v) is 7.12. The highest BCUT2D eigenvalue weighted by molar-refractivity contribution is 6.31. The third-order valence-corrected chi connectivity index (χ3v) is 9.83. The van der Waals surface area contributed by atoms with Crippen LogP contribution in [0.3, 0.4) is 0 Å². The Bertz CT molecular complexity index is 1660. The average Bonchev–Trinajstić information content (AvgIpc) is 2.97. The smallest absolute Gasteiger partial charge is 0.340 e. The lowest BCUT2D eigenvalue weighted by atomic mass is 9.82. The van der Waals surface area contributed by atoms with E-state index in [0.717, 1.165) is 68.3 Å². The highest BCUT2D eigenvalue weighted by atomic mass is 35.5. The van der Waals surface area contributed by atoms with Crippen LogP contribution in [0, 0.1) is 19.3 Å². The van der Waals surface area contributed by atoms with Gasteiger partial charge in [-0.2, -0.15) is 0 Å². The van der Waals surface area contributed by atoms with Crippen LogP contribution in [0.25, 0.3) is 11.1 Å². The topological polar surface area (TPSA) is 74.9 Å². The first kappa shape index (κ1) is 35.2. The zero-order valence-corrected chi connectivity index (χ0v) is 30.4. The van der Waals surface area contributed by atoms with Gasteiger partial charge < -0.3 is 19.4 Å². The Morgan fingerprint density at radius 3 is 2.38 bits per heavy atom. The number of nitrogens with zero attached hydrogens (tertiary/aromatic N) is 2. The number of carbonyl (C=O) groups excluding carboxylic acids is 1. The van der Waals surface area contributed by atoms with Gasteiger partial charge in [-0.3, -0.25) is 9.69 Å². The van der Waals surface area contributed by atoms with Crippen molar-refractivity contribution in [3.8, 4) is 11.1 Å². The van der Waals surface area contributed by atoms with Crippen molar-refractivity contribution >= 4 is 23.3 Å². The molecule has 1 atom stereocenters. The Kier molecular flexibility index (Phi) is 10.3.